The SMILES string of the molecule is CC(C)[C@@H]1Nc2c(C(=O)O)cccc2[C@@H]2[C@H](Cl)[C@H](Sc3ccccc3[N+](=O)[O-])C[C@@H]21. The van der Waals surface area contributed by atoms with Crippen molar-refractivity contribution in [3.8, 4) is 0 Å². The van der Waals surface area contributed by atoms with Crippen LogP contribution < -0.4 is 5.32 Å². The predicted octanol–water partition coefficient (Wildman–Crippen LogP) is 5.61. The summed E-state index contributed by atoms with van der Waals surface area (Å²) in [5, 5.41) is 24.3. The molecule has 0 amide bonds. The van der Waals surface area contributed by atoms with Gasteiger partial charge in [-0.15, -0.1) is 23.4 Å². The predicted molar refractivity (Wildman–Crippen MR) is 119 cm³/mol. The molecule has 0 aromatic heterocycles. The van der Waals surface area contributed by atoms with E-state index in [-0.39, 0.29) is 50.6 Å². The number of thioether (sulfide) groups is 1. The van der Waals surface area contributed by atoms with Crippen molar-refractivity contribution in [2.45, 2.75) is 47.8 Å². The number of anilines is 1. The number of nitro groups is 1. The molecule has 1 aliphatic carbocycles. The number of fused-ring (bicyclic) bond motifs is 3. The van der Waals surface area contributed by atoms with Gasteiger partial charge < -0.3 is 10.4 Å². The maximum atomic E-state index is 11.8. The summed E-state index contributed by atoms with van der Waals surface area (Å²) in [7, 11) is 0. The number of carboxylic acid groups (broad SMARTS) is 1. The maximum Gasteiger partial charge on any atom is 0.337 e. The first-order valence-corrected chi connectivity index (χ1v) is 11.3. The highest BCUT2D eigenvalue weighted by atomic mass is 35.5. The third-order valence-corrected chi connectivity index (χ3v) is 8.29. The van der Waals surface area contributed by atoms with Crippen molar-refractivity contribution in [3.05, 3.63) is 63.7 Å². The normalized spacial score (nSPS) is 27.3. The van der Waals surface area contributed by atoms with Crippen LogP contribution >= 0.6 is 23.4 Å². The minimum Gasteiger partial charge on any atom is -0.478 e. The first-order chi connectivity index (χ1) is 14.3. The summed E-state index contributed by atoms with van der Waals surface area (Å²) >= 11 is 8.46. The molecule has 0 unspecified atom stereocenters. The van der Waals surface area contributed by atoms with Gasteiger partial charge in [0.25, 0.3) is 5.69 Å². The lowest BCUT2D eigenvalue weighted by Gasteiger charge is -2.40. The maximum absolute atomic E-state index is 11.8. The van der Waals surface area contributed by atoms with Crippen LogP contribution in [0.4, 0.5) is 11.4 Å². The number of carbonyl (C=O) groups is 1. The molecule has 2 aromatic rings. The summed E-state index contributed by atoms with van der Waals surface area (Å²) in [4.78, 5) is 23.5. The van der Waals surface area contributed by atoms with E-state index in [9.17, 15) is 20.0 Å². The second-order valence-corrected chi connectivity index (χ2v) is 10.0. The van der Waals surface area contributed by atoms with Gasteiger partial charge in [-0.25, -0.2) is 4.79 Å². The van der Waals surface area contributed by atoms with Crippen LogP contribution in [0.1, 0.15) is 42.1 Å². The van der Waals surface area contributed by atoms with Crippen LogP contribution in [-0.4, -0.2) is 32.7 Å². The summed E-state index contributed by atoms with van der Waals surface area (Å²) in [6, 6.07) is 12.2. The van der Waals surface area contributed by atoms with Crippen molar-refractivity contribution in [1.82, 2.24) is 0 Å². The number of carboxylic acids is 1. The Morgan fingerprint density at radius 2 is 2.00 bits per heavy atom. The fourth-order valence-corrected chi connectivity index (χ4v) is 6.83. The van der Waals surface area contributed by atoms with Crippen molar-refractivity contribution < 1.29 is 14.8 Å². The Balaban J connectivity index is 1.72. The van der Waals surface area contributed by atoms with Gasteiger partial charge in [-0.1, -0.05) is 38.1 Å². The topological polar surface area (TPSA) is 92.5 Å². The van der Waals surface area contributed by atoms with Crippen LogP contribution in [0.5, 0.6) is 0 Å². The summed E-state index contributed by atoms with van der Waals surface area (Å²) < 4.78 is 0. The molecule has 2 N–H and O–H groups in total. The molecule has 158 valence electrons. The van der Waals surface area contributed by atoms with Crippen molar-refractivity contribution in [3.63, 3.8) is 0 Å². The summed E-state index contributed by atoms with van der Waals surface area (Å²) in [6.45, 7) is 4.24. The third-order valence-electron chi connectivity index (χ3n) is 6.18. The van der Waals surface area contributed by atoms with Crippen LogP contribution in [-0.2, 0) is 0 Å². The number of alkyl halides is 1. The Hall–Kier alpha value is -2.25. The molecule has 0 bridgehead atoms. The molecule has 2 aromatic carbocycles. The van der Waals surface area contributed by atoms with Gasteiger partial charge in [0.2, 0.25) is 0 Å². The Labute approximate surface area is 184 Å². The Kier molecular flexibility index (Phi) is 5.68. The van der Waals surface area contributed by atoms with Gasteiger partial charge in [0.15, 0.2) is 0 Å². The van der Waals surface area contributed by atoms with Crippen molar-refractivity contribution in [2.24, 2.45) is 11.8 Å². The average molecular weight is 447 g/mol. The molecule has 6 nitrogen and oxygen atoms in total. The van der Waals surface area contributed by atoms with Gasteiger partial charge in [0.05, 0.1) is 26.4 Å². The number of rotatable bonds is 5. The molecule has 1 fully saturated rings. The number of benzene rings is 2. The number of hydrogen-bond donors (Lipinski definition) is 2. The minimum atomic E-state index is -0.963. The van der Waals surface area contributed by atoms with E-state index in [0.29, 0.717) is 10.6 Å². The zero-order valence-corrected chi connectivity index (χ0v) is 18.2. The zero-order chi connectivity index (χ0) is 21.6. The van der Waals surface area contributed by atoms with Gasteiger partial charge in [-0.3, -0.25) is 10.1 Å². The highest BCUT2D eigenvalue weighted by Crippen LogP contribution is 2.56. The first kappa shape index (κ1) is 21.0. The van der Waals surface area contributed by atoms with Crippen molar-refractivity contribution in [1.29, 1.82) is 0 Å². The van der Waals surface area contributed by atoms with Crippen molar-refractivity contribution in [2.75, 3.05) is 5.32 Å². The number of nitro benzene ring substituents is 1. The summed E-state index contributed by atoms with van der Waals surface area (Å²) in [5.74, 6) is -0.458. The molecule has 1 heterocycles. The van der Waals surface area contributed by atoms with E-state index in [2.05, 4.69) is 19.2 Å². The van der Waals surface area contributed by atoms with Crippen molar-refractivity contribution >= 4 is 40.7 Å². The number of nitrogens with one attached hydrogen (secondary N) is 1. The molecule has 30 heavy (non-hydrogen) atoms. The fraction of sp³-hybridized carbons (Fsp3) is 0.409. The van der Waals surface area contributed by atoms with Crippen LogP contribution in [0.15, 0.2) is 47.4 Å². The summed E-state index contributed by atoms with van der Waals surface area (Å²) in [5.41, 5.74) is 1.94. The Bertz CT molecular complexity index is 999. The Morgan fingerprint density at radius 3 is 2.67 bits per heavy atom. The second kappa shape index (κ2) is 8.12. The lowest BCUT2D eigenvalue weighted by molar-refractivity contribution is -0.387. The Morgan fingerprint density at radius 1 is 1.27 bits per heavy atom. The highest BCUT2D eigenvalue weighted by molar-refractivity contribution is 8.00. The summed E-state index contributed by atoms with van der Waals surface area (Å²) in [6.07, 6.45) is 0.808. The zero-order valence-electron chi connectivity index (χ0n) is 16.6. The molecule has 0 saturated heterocycles. The van der Waals surface area contributed by atoms with Gasteiger partial charge >= 0.3 is 5.97 Å². The first-order valence-electron chi connectivity index (χ1n) is 9.96. The highest BCUT2D eigenvalue weighted by Gasteiger charge is 2.51. The average Bonchev–Trinajstić information content (AvgIpc) is 3.03. The molecule has 1 saturated carbocycles. The smallest absolute Gasteiger partial charge is 0.337 e. The quantitative estimate of drug-likeness (QED) is 0.352. The minimum absolute atomic E-state index is 0.00474. The van der Waals surface area contributed by atoms with E-state index >= 15 is 0 Å². The lowest BCUT2D eigenvalue weighted by Crippen LogP contribution is -2.41. The van der Waals surface area contributed by atoms with E-state index in [0.717, 1.165) is 12.0 Å². The van der Waals surface area contributed by atoms with E-state index in [1.54, 1.807) is 30.3 Å². The van der Waals surface area contributed by atoms with Crippen LogP contribution in [0.3, 0.4) is 0 Å². The number of halogens is 1. The number of para-hydroxylation sites is 2. The molecule has 5 atom stereocenters. The molecular weight excluding hydrogens is 424 g/mol. The second-order valence-electron chi connectivity index (χ2n) is 8.24. The van der Waals surface area contributed by atoms with E-state index in [1.165, 1.54) is 17.8 Å². The van der Waals surface area contributed by atoms with Gasteiger partial charge in [0, 0.05) is 23.3 Å². The fourth-order valence-electron chi connectivity index (χ4n) is 4.89. The van der Waals surface area contributed by atoms with Crippen LogP contribution in [0.2, 0.25) is 0 Å². The molecule has 8 heteroatoms. The molecule has 0 spiro atoms. The van der Waals surface area contributed by atoms with Gasteiger partial charge in [-0.05, 0) is 36.0 Å². The lowest BCUT2D eigenvalue weighted by atomic mass is 9.75. The number of nitrogens with zero attached hydrogens (tertiary/aromatic N) is 1. The standard InChI is InChI=1S/C22H23ClN2O4S/c1-11(2)20-14-10-17(30-16-9-4-3-8-15(16)25(28)29)19(23)18(14)12-6-5-7-13(22(26)27)21(12)24-20/h3-9,11,14,17-20,24H,10H2,1-2H3,(H,26,27)/t14-,17+,18-,19+,20-/m0/s1. The third kappa shape index (κ3) is 3.54. The molecule has 0 radical (unpaired) electrons. The number of hydrogen-bond acceptors (Lipinski definition) is 5. The van der Waals surface area contributed by atoms with Gasteiger partial charge in [-0.2, -0.15) is 0 Å². The van der Waals surface area contributed by atoms with Gasteiger partial charge in [0.1, 0.15) is 0 Å². The molecule has 4 rings (SSSR count). The van der Waals surface area contributed by atoms with Crippen LogP contribution in [0.25, 0.3) is 0 Å². The van der Waals surface area contributed by atoms with E-state index < -0.39 is 5.97 Å². The molecule has 2 aliphatic rings. The van der Waals surface area contributed by atoms with E-state index in [1.807, 2.05) is 6.07 Å². The monoisotopic (exact) mass is 446 g/mol. The number of aromatic carboxylic acids is 1. The molecule has 1 aliphatic heterocycles. The van der Waals surface area contributed by atoms with E-state index in [4.69, 9.17) is 11.6 Å². The van der Waals surface area contributed by atoms with Crippen LogP contribution in [0, 0.1) is 22.0 Å². The molecular formula is C22H23ClN2O4S. The largest absolute Gasteiger partial charge is 0.478 e.